The van der Waals surface area contributed by atoms with Crippen LogP contribution in [0.5, 0.6) is 0 Å². The minimum Gasteiger partial charge on any atom is -0.469 e. The molecule has 0 amide bonds. The topological polar surface area (TPSA) is 46.5 Å². The molecule has 0 fully saturated rings. The zero-order chi connectivity index (χ0) is 16.5. The molecule has 3 nitrogen and oxygen atoms in total. The van der Waals surface area contributed by atoms with Gasteiger partial charge in [-0.25, -0.2) is 0 Å². The van der Waals surface area contributed by atoms with Gasteiger partial charge in [-0.2, -0.15) is 0 Å². The van der Waals surface area contributed by atoms with Gasteiger partial charge in [0.25, 0.3) is 0 Å². The lowest BCUT2D eigenvalue weighted by Crippen LogP contribution is -2.01. The van der Waals surface area contributed by atoms with E-state index in [0.29, 0.717) is 6.42 Å². The minimum absolute atomic E-state index is 0.122. The zero-order valence-corrected chi connectivity index (χ0v) is 14.4. The van der Waals surface area contributed by atoms with E-state index in [1.165, 1.54) is 26.4 Å². The summed E-state index contributed by atoms with van der Waals surface area (Å²) in [6.07, 6.45) is 19.2. The largest absolute Gasteiger partial charge is 0.469 e. The molecule has 1 atom stereocenters. The number of esters is 1. The number of aliphatic hydroxyl groups is 1. The third kappa shape index (κ3) is 15.3. The molecule has 0 radical (unpaired) electrons. The summed E-state index contributed by atoms with van der Waals surface area (Å²) in [5.74, 6) is -0.122. The fourth-order valence-corrected chi connectivity index (χ4v) is 2.23. The standard InChI is InChI=1S/C19H34O3/c1-3-4-5-6-7-9-12-15-18(20)16-13-10-8-11-14-17-19(21)22-2/h7,9,12,15,18,20H,3-6,8,10-11,13-14,16-17H2,1-2H3/b9-7-,15-12-. The summed E-state index contributed by atoms with van der Waals surface area (Å²) >= 11 is 0. The van der Waals surface area contributed by atoms with Crippen LogP contribution in [0, 0.1) is 0 Å². The number of methoxy groups -OCH3 is 1. The Morgan fingerprint density at radius 3 is 2.50 bits per heavy atom. The Labute approximate surface area is 136 Å². The molecule has 0 aromatic carbocycles. The predicted octanol–water partition coefficient (Wildman–Crippen LogP) is 4.94. The van der Waals surface area contributed by atoms with Crippen LogP contribution in [0.1, 0.15) is 77.6 Å². The fraction of sp³-hybridized carbons (Fsp3) is 0.737. The molecule has 0 heterocycles. The molecule has 128 valence electrons. The van der Waals surface area contributed by atoms with Crippen LogP contribution in [0.2, 0.25) is 0 Å². The van der Waals surface area contributed by atoms with E-state index in [2.05, 4.69) is 17.7 Å². The first-order chi connectivity index (χ1) is 10.7. The lowest BCUT2D eigenvalue weighted by Gasteiger charge is -2.05. The summed E-state index contributed by atoms with van der Waals surface area (Å²) < 4.78 is 4.60. The molecule has 22 heavy (non-hydrogen) atoms. The van der Waals surface area contributed by atoms with Gasteiger partial charge in [-0.15, -0.1) is 0 Å². The van der Waals surface area contributed by atoms with Crippen LogP contribution in [-0.4, -0.2) is 24.3 Å². The quantitative estimate of drug-likeness (QED) is 0.281. The summed E-state index contributed by atoms with van der Waals surface area (Å²) in [4.78, 5) is 10.9. The Morgan fingerprint density at radius 1 is 1.05 bits per heavy atom. The van der Waals surface area contributed by atoms with Gasteiger partial charge in [0.05, 0.1) is 13.2 Å². The Hall–Kier alpha value is -1.09. The molecule has 0 aromatic heterocycles. The minimum atomic E-state index is -0.338. The molecule has 0 aliphatic carbocycles. The Morgan fingerprint density at radius 2 is 1.77 bits per heavy atom. The smallest absolute Gasteiger partial charge is 0.305 e. The maximum atomic E-state index is 10.9. The summed E-state index contributed by atoms with van der Waals surface area (Å²) in [5, 5.41) is 9.82. The number of carbonyl (C=O) groups is 1. The number of rotatable bonds is 14. The molecule has 0 saturated carbocycles. The van der Waals surface area contributed by atoms with Crippen LogP contribution in [0.25, 0.3) is 0 Å². The first-order valence-corrected chi connectivity index (χ1v) is 8.79. The molecule has 1 unspecified atom stereocenters. The van der Waals surface area contributed by atoms with Gasteiger partial charge in [0, 0.05) is 6.42 Å². The van der Waals surface area contributed by atoms with Crippen LogP contribution < -0.4 is 0 Å². The molecule has 3 heteroatoms. The van der Waals surface area contributed by atoms with E-state index in [0.717, 1.165) is 44.9 Å². The average Bonchev–Trinajstić information content (AvgIpc) is 2.52. The van der Waals surface area contributed by atoms with Crippen molar-refractivity contribution in [2.24, 2.45) is 0 Å². The van der Waals surface area contributed by atoms with Crippen molar-refractivity contribution in [3.05, 3.63) is 24.3 Å². The van der Waals surface area contributed by atoms with E-state index in [4.69, 9.17) is 0 Å². The van der Waals surface area contributed by atoms with Gasteiger partial charge in [-0.05, 0) is 25.7 Å². The lowest BCUT2D eigenvalue weighted by atomic mass is 10.1. The maximum absolute atomic E-state index is 10.9. The summed E-state index contributed by atoms with van der Waals surface area (Å²) in [6, 6.07) is 0. The average molecular weight is 310 g/mol. The fourth-order valence-electron chi connectivity index (χ4n) is 2.23. The van der Waals surface area contributed by atoms with Crippen LogP contribution in [0.15, 0.2) is 24.3 Å². The first-order valence-electron chi connectivity index (χ1n) is 8.79. The highest BCUT2D eigenvalue weighted by atomic mass is 16.5. The Kier molecular flexibility index (Phi) is 15.5. The van der Waals surface area contributed by atoms with Gasteiger partial charge in [0.2, 0.25) is 0 Å². The maximum Gasteiger partial charge on any atom is 0.305 e. The molecule has 0 bridgehead atoms. The molecule has 0 saturated heterocycles. The molecule has 0 aromatic rings. The van der Waals surface area contributed by atoms with Crippen molar-refractivity contribution in [3.63, 3.8) is 0 Å². The van der Waals surface area contributed by atoms with Gasteiger partial charge in [0.15, 0.2) is 0 Å². The van der Waals surface area contributed by atoms with Crippen molar-refractivity contribution in [2.75, 3.05) is 7.11 Å². The monoisotopic (exact) mass is 310 g/mol. The van der Waals surface area contributed by atoms with Crippen molar-refractivity contribution in [1.82, 2.24) is 0 Å². The molecule has 0 rings (SSSR count). The van der Waals surface area contributed by atoms with Gasteiger partial charge in [0.1, 0.15) is 0 Å². The van der Waals surface area contributed by atoms with Crippen molar-refractivity contribution < 1.29 is 14.6 Å². The second kappa shape index (κ2) is 16.3. The van der Waals surface area contributed by atoms with Crippen molar-refractivity contribution >= 4 is 5.97 Å². The number of carbonyl (C=O) groups excluding carboxylic acids is 1. The molecular weight excluding hydrogens is 276 g/mol. The van der Waals surface area contributed by atoms with Crippen LogP contribution >= 0.6 is 0 Å². The third-order valence-electron chi connectivity index (χ3n) is 3.66. The SMILES string of the molecule is CCCCC/C=C\C=C/C(O)CCCCCCCC(=O)OC. The molecule has 0 aliphatic heterocycles. The van der Waals surface area contributed by atoms with E-state index in [1.54, 1.807) is 0 Å². The van der Waals surface area contributed by atoms with Crippen LogP contribution in [0.4, 0.5) is 0 Å². The Bertz CT molecular complexity index is 308. The molecule has 1 N–H and O–H groups in total. The summed E-state index contributed by atoms with van der Waals surface area (Å²) in [5.41, 5.74) is 0. The highest BCUT2D eigenvalue weighted by Crippen LogP contribution is 2.10. The molecule has 0 aliphatic rings. The van der Waals surface area contributed by atoms with Gasteiger partial charge >= 0.3 is 5.97 Å². The third-order valence-corrected chi connectivity index (χ3v) is 3.66. The van der Waals surface area contributed by atoms with E-state index >= 15 is 0 Å². The van der Waals surface area contributed by atoms with Gasteiger partial charge < -0.3 is 9.84 Å². The lowest BCUT2D eigenvalue weighted by molar-refractivity contribution is -0.140. The highest BCUT2D eigenvalue weighted by Gasteiger charge is 2.00. The Balaban J connectivity index is 3.41. The molecule has 0 spiro atoms. The second-order valence-electron chi connectivity index (χ2n) is 5.76. The number of hydrogen-bond donors (Lipinski definition) is 1. The van der Waals surface area contributed by atoms with Crippen LogP contribution in [-0.2, 0) is 9.53 Å². The van der Waals surface area contributed by atoms with Gasteiger partial charge in [-0.3, -0.25) is 4.79 Å². The first kappa shape index (κ1) is 20.9. The zero-order valence-electron chi connectivity index (χ0n) is 14.4. The van der Waals surface area contributed by atoms with E-state index in [9.17, 15) is 9.90 Å². The predicted molar refractivity (Wildman–Crippen MR) is 92.8 cm³/mol. The van der Waals surface area contributed by atoms with Crippen LogP contribution in [0.3, 0.4) is 0 Å². The molecular formula is C19H34O3. The number of unbranched alkanes of at least 4 members (excludes halogenated alkanes) is 7. The summed E-state index contributed by atoms with van der Waals surface area (Å²) in [7, 11) is 1.43. The highest BCUT2D eigenvalue weighted by molar-refractivity contribution is 5.68. The van der Waals surface area contributed by atoms with E-state index in [1.807, 2.05) is 18.2 Å². The van der Waals surface area contributed by atoms with Crippen molar-refractivity contribution in [1.29, 1.82) is 0 Å². The second-order valence-corrected chi connectivity index (χ2v) is 5.76. The number of allylic oxidation sites excluding steroid dienone is 3. The van der Waals surface area contributed by atoms with Gasteiger partial charge in [-0.1, -0.05) is 69.8 Å². The normalized spacial score (nSPS) is 13.0. The van der Waals surface area contributed by atoms with E-state index in [-0.39, 0.29) is 12.1 Å². The number of ether oxygens (including phenoxy) is 1. The van der Waals surface area contributed by atoms with Crippen molar-refractivity contribution in [3.8, 4) is 0 Å². The van der Waals surface area contributed by atoms with E-state index < -0.39 is 0 Å². The van der Waals surface area contributed by atoms with Crippen molar-refractivity contribution in [2.45, 2.75) is 83.7 Å². The summed E-state index contributed by atoms with van der Waals surface area (Å²) in [6.45, 7) is 2.21. The number of hydrogen-bond acceptors (Lipinski definition) is 3. The number of aliphatic hydroxyl groups excluding tert-OH is 1.